The lowest BCUT2D eigenvalue weighted by molar-refractivity contribution is -0.150. The molecule has 2 saturated heterocycles. The van der Waals surface area contributed by atoms with Crippen molar-refractivity contribution in [2.45, 2.75) is 136 Å². The molecule has 3 fully saturated rings. The van der Waals surface area contributed by atoms with E-state index in [1.807, 2.05) is 65.0 Å². The number of ether oxygens (including phenoxy) is 3. The molecule has 42 heavy (non-hydrogen) atoms. The van der Waals surface area contributed by atoms with Crippen LogP contribution in [0.15, 0.2) is 30.3 Å². The maximum absolute atomic E-state index is 14.1. The van der Waals surface area contributed by atoms with Gasteiger partial charge in [0.1, 0.15) is 23.5 Å². The predicted molar refractivity (Wildman–Crippen MR) is 158 cm³/mol. The summed E-state index contributed by atoms with van der Waals surface area (Å²) in [5.74, 6) is -1.40. The van der Waals surface area contributed by atoms with Crippen LogP contribution in [0.25, 0.3) is 0 Å². The smallest absolute Gasteiger partial charge is 0.417 e. The molecule has 9 heteroatoms. The van der Waals surface area contributed by atoms with E-state index in [1.165, 1.54) is 6.42 Å². The van der Waals surface area contributed by atoms with Crippen molar-refractivity contribution >= 4 is 18.1 Å². The fourth-order valence-corrected chi connectivity index (χ4v) is 7.02. The van der Waals surface area contributed by atoms with Crippen LogP contribution in [0.3, 0.4) is 0 Å². The van der Waals surface area contributed by atoms with Crippen LogP contribution in [0.1, 0.15) is 106 Å². The molecule has 0 radical (unpaired) electrons. The number of aliphatic hydroxyl groups excluding tert-OH is 1. The van der Waals surface area contributed by atoms with Gasteiger partial charge in [-0.15, -0.1) is 0 Å². The highest BCUT2D eigenvalue weighted by atomic mass is 16.6. The van der Waals surface area contributed by atoms with Gasteiger partial charge in [-0.2, -0.15) is 0 Å². The fourth-order valence-electron chi connectivity index (χ4n) is 7.02. The molecule has 1 saturated carbocycles. The van der Waals surface area contributed by atoms with Crippen LogP contribution in [-0.4, -0.2) is 68.6 Å². The molecule has 1 aromatic carbocycles. The number of aliphatic hydroxyl groups is 1. The lowest BCUT2D eigenvalue weighted by Crippen LogP contribution is -2.54. The average molecular weight is 587 g/mol. The number of rotatable bonds is 7. The molecule has 4 unspecified atom stereocenters. The first-order valence-electron chi connectivity index (χ1n) is 15.6. The van der Waals surface area contributed by atoms with Crippen molar-refractivity contribution < 1.29 is 33.7 Å². The number of nitrogens with zero attached hydrogens (tertiary/aromatic N) is 2. The lowest BCUT2D eigenvalue weighted by atomic mass is 9.79. The van der Waals surface area contributed by atoms with Gasteiger partial charge in [0, 0.05) is 0 Å². The molecule has 0 bridgehead atoms. The van der Waals surface area contributed by atoms with Crippen molar-refractivity contribution in [3.8, 4) is 0 Å². The van der Waals surface area contributed by atoms with Gasteiger partial charge in [0.05, 0.1) is 24.1 Å². The molecule has 1 aliphatic carbocycles. The molecular formula is C33H50N2O7. The van der Waals surface area contributed by atoms with Gasteiger partial charge in [-0.25, -0.2) is 14.5 Å². The molecule has 234 valence electrons. The van der Waals surface area contributed by atoms with Crippen molar-refractivity contribution in [2.24, 2.45) is 17.8 Å². The number of carbonyl (C=O) groups excluding carboxylic acids is 3. The summed E-state index contributed by atoms with van der Waals surface area (Å²) in [6.45, 7) is 14.6. The number of hydrogen-bond acceptors (Lipinski definition) is 7. The van der Waals surface area contributed by atoms with E-state index in [0.717, 1.165) is 36.1 Å². The second kappa shape index (κ2) is 12.5. The Balaban J connectivity index is 1.64. The quantitative estimate of drug-likeness (QED) is 0.392. The molecule has 2 aliphatic heterocycles. The van der Waals surface area contributed by atoms with Crippen LogP contribution in [0.4, 0.5) is 9.59 Å². The minimum atomic E-state index is -1.27. The molecular weight excluding hydrogens is 536 g/mol. The maximum Gasteiger partial charge on any atom is 0.417 e. The molecule has 2 heterocycles. The van der Waals surface area contributed by atoms with E-state index in [0.29, 0.717) is 12.3 Å². The minimum Gasteiger partial charge on any atom is -0.444 e. The zero-order chi connectivity index (χ0) is 31.0. The molecule has 3 amide bonds. The number of hydrogen-bond donors (Lipinski definition) is 1. The average Bonchev–Trinajstić information content (AvgIpc) is 3.34. The molecule has 1 aromatic rings. The van der Waals surface area contributed by atoms with Gasteiger partial charge in [-0.05, 0) is 65.4 Å². The van der Waals surface area contributed by atoms with Crippen molar-refractivity contribution in [2.75, 3.05) is 0 Å². The Morgan fingerprint density at radius 2 is 1.71 bits per heavy atom. The summed E-state index contributed by atoms with van der Waals surface area (Å²) in [5.41, 5.74) is -0.982. The monoisotopic (exact) mass is 586 g/mol. The van der Waals surface area contributed by atoms with E-state index in [2.05, 4.69) is 0 Å². The van der Waals surface area contributed by atoms with E-state index >= 15 is 0 Å². The number of carbonyl (C=O) groups is 3. The minimum absolute atomic E-state index is 0.319. The van der Waals surface area contributed by atoms with Crippen molar-refractivity contribution in [1.29, 1.82) is 0 Å². The second-order valence-corrected chi connectivity index (χ2v) is 14.1. The highest BCUT2D eigenvalue weighted by Gasteiger charge is 2.57. The van der Waals surface area contributed by atoms with Gasteiger partial charge >= 0.3 is 12.2 Å². The second-order valence-electron chi connectivity index (χ2n) is 14.1. The standard InChI is InChI=1S/C33H50N2O7/c1-20(2)25(29(37)34-21(3)27(40-30(34)38)23-17-13-10-14-18-23)26(36)28-24(19-22-15-11-9-12-16-22)35(33(7,8)41-28)31(39)42-32(4,5)6/h10,13-14,17-18,20-22,24-28,36H,9,11-12,15-16,19H2,1-8H3/t21?,24-,25?,26?,27?,28-/m1/s1. The predicted octanol–water partition coefficient (Wildman–Crippen LogP) is 6.44. The lowest BCUT2D eigenvalue weighted by Gasteiger charge is -2.38. The zero-order valence-corrected chi connectivity index (χ0v) is 26.5. The van der Waals surface area contributed by atoms with Crippen LogP contribution in [0.5, 0.6) is 0 Å². The van der Waals surface area contributed by atoms with Gasteiger partial charge in [0.2, 0.25) is 5.91 Å². The van der Waals surface area contributed by atoms with Crippen LogP contribution >= 0.6 is 0 Å². The molecule has 6 atom stereocenters. The van der Waals surface area contributed by atoms with Gasteiger partial charge in [-0.3, -0.25) is 9.69 Å². The first kappa shape index (κ1) is 32.3. The van der Waals surface area contributed by atoms with E-state index < -0.39 is 65.7 Å². The van der Waals surface area contributed by atoms with Gasteiger partial charge < -0.3 is 19.3 Å². The van der Waals surface area contributed by atoms with Gasteiger partial charge in [0.25, 0.3) is 0 Å². The maximum atomic E-state index is 14.1. The van der Waals surface area contributed by atoms with Crippen LogP contribution in [0, 0.1) is 17.8 Å². The summed E-state index contributed by atoms with van der Waals surface area (Å²) in [7, 11) is 0. The van der Waals surface area contributed by atoms with Crippen LogP contribution < -0.4 is 0 Å². The molecule has 0 spiro atoms. The fraction of sp³-hybridized carbons (Fsp3) is 0.727. The van der Waals surface area contributed by atoms with Gasteiger partial charge in [0.15, 0.2) is 0 Å². The first-order valence-corrected chi connectivity index (χ1v) is 15.6. The Morgan fingerprint density at radius 3 is 2.29 bits per heavy atom. The number of amides is 3. The highest BCUT2D eigenvalue weighted by molar-refractivity contribution is 5.95. The van der Waals surface area contributed by atoms with Crippen LogP contribution in [0.2, 0.25) is 0 Å². The summed E-state index contributed by atoms with van der Waals surface area (Å²) in [4.78, 5) is 43.6. The zero-order valence-electron chi connectivity index (χ0n) is 26.5. The third-order valence-corrected chi connectivity index (χ3v) is 8.95. The largest absolute Gasteiger partial charge is 0.444 e. The van der Waals surface area contributed by atoms with E-state index in [1.54, 1.807) is 25.7 Å². The van der Waals surface area contributed by atoms with Crippen molar-refractivity contribution in [3.05, 3.63) is 35.9 Å². The Kier molecular flexibility index (Phi) is 9.62. The Bertz CT molecular complexity index is 1110. The van der Waals surface area contributed by atoms with Crippen LogP contribution in [-0.2, 0) is 19.0 Å². The number of cyclic esters (lactones) is 1. The number of imide groups is 1. The third kappa shape index (κ3) is 6.77. The topological polar surface area (TPSA) is 106 Å². The molecule has 0 aromatic heterocycles. The highest BCUT2D eigenvalue weighted by Crippen LogP contribution is 2.43. The normalized spacial score (nSPS) is 28.1. The summed E-state index contributed by atoms with van der Waals surface area (Å²) in [6.07, 6.45) is 2.26. The summed E-state index contributed by atoms with van der Waals surface area (Å²) >= 11 is 0. The Morgan fingerprint density at radius 1 is 1.10 bits per heavy atom. The Hall–Kier alpha value is -2.65. The van der Waals surface area contributed by atoms with Gasteiger partial charge in [-0.1, -0.05) is 76.3 Å². The molecule has 3 aliphatic rings. The summed E-state index contributed by atoms with van der Waals surface area (Å²) in [6, 6.07) is 8.29. The Labute approximate surface area is 250 Å². The molecule has 4 rings (SSSR count). The molecule has 1 N–H and O–H groups in total. The molecule has 9 nitrogen and oxygen atoms in total. The first-order chi connectivity index (χ1) is 19.6. The van der Waals surface area contributed by atoms with E-state index in [9.17, 15) is 19.5 Å². The third-order valence-electron chi connectivity index (χ3n) is 8.95. The van der Waals surface area contributed by atoms with E-state index in [4.69, 9.17) is 14.2 Å². The van der Waals surface area contributed by atoms with Crippen molar-refractivity contribution in [3.63, 3.8) is 0 Å². The van der Waals surface area contributed by atoms with Crippen molar-refractivity contribution in [1.82, 2.24) is 9.80 Å². The summed E-state index contributed by atoms with van der Waals surface area (Å²) < 4.78 is 18.0. The SMILES string of the molecule is CC(C)C(C(=O)N1C(=O)OC(c2ccccc2)C1C)C(O)[C@@H]1OC(C)(C)N(C(=O)OC(C)(C)C)[C@@H]1CC1CCCCC1. The summed E-state index contributed by atoms with van der Waals surface area (Å²) in [5, 5.41) is 12.0. The van der Waals surface area contributed by atoms with E-state index in [-0.39, 0.29) is 5.92 Å². The number of benzene rings is 1.